The Kier molecular flexibility index (Phi) is 9.54. The minimum absolute atomic E-state index is 0.0658. The van der Waals surface area contributed by atoms with Crippen LogP contribution in [0.5, 0.6) is 0 Å². The van der Waals surface area contributed by atoms with Crippen molar-refractivity contribution in [3.8, 4) is 11.1 Å². The van der Waals surface area contributed by atoms with E-state index in [-0.39, 0.29) is 5.91 Å². The molecule has 2 amide bonds. The van der Waals surface area contributed by atoms with E-state index in [1.165, 1.54) is 5.69 Å². The Bertz CT molecular complexity index is 1220. The molecular weight excluding hydrogens is 490 g/mol. The third kappa shape index (κ3) is 8.55. The standard InChI is InChI=1S/C31H39N5O3/c1-31(2,3)39-30(38)34-23-26-7-4-5-8-28(26)24-9-11-25(12-10-24)29(37)33-15-6-18-35-19-21-36(22-20-35)27-13-16-32-17-14-27/h4-5,7-14,16-17H,6,15,18-23H2,1-3H3,(H,33,37)(H,34,38). The summed E-state index contributed by atoms with van der Waals surface area (Å²) in [5.74, 6) is -0.0658. The molecule has 1 aromatic heterocycles. The van der Waals surface area contributed by atoms with Gasteiger partial charge in [0.15, 0.2) is 0 Å². The number of pyridine rings is 1. The molecule has 2 heterocycles. The van der Waals surface area contributed by atoms with Crippen LogP contribution in [0.4, 0.5) is 10.5 Å². The minimum Gasteiger partial charge on any atom is -0.444 e. The molecule has 3 aromatic rings. The number of carbonyl (C=O) groups excluding carboxylic acids is 2. The fraction of sp³-hybridized carbons (Fsp3) is 0.387. The molecule has 1 aliphatic heterocycles. The maximum Gasteiger partial charge on any atom is 0.407 e. The lowest BCUT2D eigenvalue weighted by molar-refractivity contribution is 0.0523. The van der Waals surface area contributed by atoms with E-state index in [0.29, 0.717) is 18.7 Å². The van der Waals surface area contributed by atoms with Gasteiger partial charge >= 0.3 is 6.09 Å². The lowest BCUT2D eigenvalue weighted by atomic mass is 9.98. The highest BCUT2D eigenvalue weighted by molar-refractivity contribution is 5.94. The van der Waals surface area contributed by atoms with Gasteiger partial charge in [-0.1, -0.05) is 36.4 Å². The molecule has 2 N–H and O–H groups in total. The molecule has 4 rings (SSSR count). The van der Waals surface area contributed by atoms with Crippen molar-refractivity contribution in [2.45, 2.75) is 39.3 Å². The highest BCUT2D eigenvalue weighted by Gasteiger charge is 2.18. The average molecular weight is 530 g/mol. The summed E-state index contributed by atoms with van der Waals surface area (Å²) in [7, 11) is 0. The van der Waals surface area contributed by atoms with Crippen LogP contribution in [0.3, 0.4) is 0 Å². The van der Waals surface area contributed by atoms with E-state index in [0.717, 1.165) is 55.8 Å². The molecule has 0 atom stereocenters. The number of hydrogen-bond acceptors (Lipinski definition) is 6. The number of carbonyl (C=O) groups is 2. The van der Waals surface area contributed by atoms with Gasteiger partial charge in [-0.05, 0) is 74.7 Å². The van der Waals surface area contributed by atoms with Crippen molar-refractivity contribution >= 4 is 17.7 Å². The number of rotatable bonds is 9. The van der Waals surface area contributed by atoms with Gasteiger partial charge < -0.3 is 20.3 Å². The SMILES string of the molecule is CC(C)(C)OC(=O)NCc1ccccc1-c1ccc(C(=O)NCCCN2CCN(c3ccncc3)CC2)cc1. The van der Waals surface area contributed by atoms with Crippen LogP contribution in [0.25, 0.3) is 11.1 Å². The number of benzene rings is 2. The zero-order chi connectivity index (χ0) is 27.7. The molecule has 39 heavy (non-hydrogen) atoms. The molecule has 8 nitrogen and oxygen atoms in total. The first-order chi connectivity index (χ1) is 18.8. The molecule has 0 saturated carbocycles. The van der Waals surface area contributed by atoms with E-state index in [4.69, 9.17) is 4.74 Å². The maximum atomic E-state index is 12.7. The van der Waals surface area contributed by atoms with Gasteiger partial charge in [-0.25, -0.2) is 4.79 Å². The number of aromatic nitrogens is 1. The number of nitrogens with zero attached hydrogens (tertiary/aromatic N) is 3. The lowest BCUT2D eigenvalue weighted by Gasteiger charge is -2.36. The molecular formula is C31H39N5O3. The van der Waals surface area contributed by atoms with Crippen LogP contribution in [-0.4, -0.2) is 66.8 Å². The molecule has 206 valence electrons. The van der Waals surface area contributed by atoms with Crippen molar-refractivity contribution in [2.24, 2.45) is 0 Å². The van der Waals surface area contributed by atoms with Gasteiger partial charge in [-0.15, -0.1) is 0 Å². The minimum atomic E-state index is -0.545. The molecule has 0 radical (unpaired) electrons. The first kappa shape index (κ1) is 28.1. The summed E-state index contributed by atoms with van der Waals surface area (Å²) in [5.41, 5.74) is 4.28. The summed E-state index contributed by atoms with van der Waals surface area (Å²) < 4.78 is 5.34. The molecule has 1 aliphatic rings. The monoisotopic (exact) mass is 529 g/mol. The zero-order valence-electron chi connectivity index (χ0n) is 23.2. The molecule has 1 saturated heterocycles. The number of amides is 2. The van der Waals surface area contributed by atoms with Crippen LogP contribution in [0.1, 0.15) is 43.1 Å². The van der Waals surface area contributed by atoms with Gasteiger partial charge in [0.05, 0.1) is 0 Å². The summed E-state index contributed by atoms with van der Waals surface area (Å²) in [6.07, 6.45) is 4.14. The Labute approximate surface area is 231 Å². The van der Waals surface area contributed by atoms with Crippen LogP contribution in [0, 0.1) is 0 Å². The number of piperazine rings is 1. The number of nitrogens with one attached hydrogen (secondary N) is 2. The first-order valence-corrected chi connectivity index (χ1v) is 13.6. The zero-order valence-corrected chi connectivity index (χ0v) is 23.2. The van der Waals surface area contributed by atoms with Crippen molar-refractivity contribution in [1.29, 1.82) is 0 Å². The molecule has 0 spiro atoms. The molecule has 0 unspecified atom stereocenters. The number of anilines is 1. The average Bonchev–Trinajstić information content (AvgIpc) is 2.94. The molecule has 0 bridgehead atoms. The summed E-state index contributed by atoms with van der Waals surface area (Å²) in [4.78, 5) is 33.7. The van der Waals surface area contributed by atoms with Gasteiger partial charge in [0, 0.05) is 62.9 Å². The quantitative estimate of drug-likeness (QED) is 0.390. The predicted molar refractivity (Wildman–Crippen MR) is 155 cm³/mol. The third-order valence-electron chi connectivity index (χ3n) is 6.63. The van der Waals surface area contributed by atoms with E-state index >= 15 is 0 Å². The fourth-order valence-electron chi connectivity index (χ4n) is 4.63. The first-order valence-electron chi connectivity index (χ1n) is 13.6. The molecule has 8 heteroatoms. The Morgan fingerprint density at radius 3 is 2.28 bits per heavy atom. The van der Waals surface area contributed by atoms with E-state index < -0.39 is 11.7 Å². The van der Waals surface area contributed by atoms with Crippen molar-refractivity contribution in [3.63, 3.8) is 0 Å². The van der Waals surface area contributed by atoms with E-state index in [9.17, 15) is 9.59 Å². The van der Waals surface area contributed by atoms with Crippen LogP contribution in [0.15, 0.2) is 73.1 Å². The van der Waals surface area contributed by atoms with Crippen molar-refractivity contribution in [3.05, 3.63) is 84.2 Å². The second kappa shape index (κ2) is 13.2. The number of alkyl carbamates (subject to hydrolysis) is 1. The Morgan fingerprint density at radius 1 is 0.897 bits per heavy atom. The number of ether oxygens (including phenoxy) is 1. The highest BCUT2D eigenvalue weighted by Crippen LogP contribution is 2.24. The second-order valence-corrected chi connectivity index (χ2v) is 10.7. The van der Waals surface area contributed by atoms with Crippen LogP contribution < -0.4 is 15.5 Å². The van der Waals surface area contributed by atoms with Crippen LogP contribution >= 0.6 is 0 Å². The van der Waals surface area contributed by atoms with Crippen molar-refractivity contribution in [1.82, 2.24) is 20.5 Å². The summed E-state index contributed by atoms with van der Waals surface area (Å²) in [6.45, 7) is 11.5. The van der Waals surface area contributed by atoms with Crippen LogP contribution in [-0.2, 0) is 11.3 Å². The van der Waals surface area contributed by atoms with Gasteiger partial charge in [0.2, 0.25) is 0 Å². The van der Waals surface area contributed by atoms with Crippen molar-refractivity contribution in [2.75, 3.05) is 44.2 Å². The predicted octanol–water partition coefficient (Wildman–Crippen LogP) is 4.72. The lowest BCUT2D eigenvalue weighted by Crippen LogP contribution is -2.47. The highest BCUT2D eigenvalue weighted by atomic mass is 16.6. The third-order valence-corrected chi connectivity index (χ3v) is 6.63. The largest absolute Gasteiger partial charge is 0.444 e. The number of hydrogen-bond donors (Lipinski definition) is 2. The summed E-state index contributed by atoms with van der Waals surface area (Å²) in [5, 5.41) is 5.87. The second-order valence-electron chi connectivity index (χ2n) is 10.7. The van der Waals surface area contributed by atoms with Crippen LogP contribution in [0.2, 0.25) is 0 Å². The van der Waals surface area contributed by atoms with Gasteiger partial charge in [0.1, 0.15) is 5.60 Å². The fourth-order valence-corrected chi connectivity index (χ4v) is 4.63. The van der Waals surface area contributed by atoms with E-state index in [1.807, 2.05) is 81.7 Å². The molecule has 2 aromatic carbocycles. The van der Waals surface area contributed by atoms with E-state index in [1.54, 1.807) is 0 Å². The topological polar surface area (TPSA) is 86.8 Å². The summed E-state index contributed by atoms with van der Waals surface area (Å²) in [6, 6.07) is 19.6. The maximum absolute atomic E-state index is 12.7. The Hall–Kier alpha value is -3.91. The normalized spacial score (nSPS) is 14.1. The Morgan fingerprint density at radius 2 is 1.59 bits per heavy atom. The van der Waals surface area contributed by atoms with Crippen molar-refractivity contribution < 1.29 is 14.3 Å². The van der Waals surface area contributed by atoms with Gasteiger partial charge in [-0.3, -0.25) is 14.7 Å². The Balaban J connectivity index is 1.21. The van der Waals surface area contributed by atoms with E-state index in [2.05, 4.69) is 37.6 Å². The smallest absolute Gasteiger partial charge is 0.407 e. The molecule has 1 fully saturated rings. The van der Waals surface area contributed by atoms with Gasteiger partial charge in [-0.2, -0.15) is 0 Å². The summed E-state index contributed by atoms with van der Waals surface area (Å²) >= 11 is 0. The molecule has 0 aliphatic carbocycles. The van der Waals surface area contributed by atoms with Gasteiger partial charge in [0.25, 0.3) is 5.91 Å².